The summed E-state index contributed by atoms with van der Waals surface area (Å²) in [6.07, 6.45) is 1.11. The van der Waals surface area contributed by atoms with Crippen LogP contribution in [0.2, 0.25) is 0 Å². The molecule has 21 heavy (non-hydrogen) atoms. The Labute approximate surface area is 128 Å². The van der Waals surface area contributed by atoms with E-state index in [1.807, 2.05) is 0 Å². The lowest BCUT2D eigenvalue weighted by atomic mass is 9.89. The van der Waals surface area contributed by atoms with E-state index in [0.717, 1.165) is 19.5 Å². The molecule has 0 saturated heterocycles. The number of benzene rings is 2. The number of nitrogens with one attached hydrogen (secondary N) is 2. The second-order valence-electron chi connectivity index (χ2n) is 5.27. The van der Waals surface area contributed by atoms with Crippen molar-refractivity contribution in [2.24, 2.45) is 0 Å². The average Bonchev–Trinajstić information content (AvgIpc) is 2.52. The molecule has 2 aromatic rings. The molecule has 2 nitrogen and oxygen atoms in total. The molecule has 2 aromatic carbocycles. The zero-order valence-electron chi connectivity index (χ0n) is 13.3. The van der Waals surface area contributed by atoms with E-state index in [1.165, 1.54) is 22.5 Å². The van der Waals surface area contributed by atoms with Crippen LogP contribution in [0.25, 0.3) is 0 Å². The van der Waals surface area contributed by atoms with Gasteiger partial charge in [0.05, 0.1) is 0 Å². The Kier molecular flexibility index (Phi) is 5.68. The molecule has 112 valence electrons. The van der Waals surface area contributed by atoms with Gasteiger partial charge in [-0.1, -0.05) is 31.2 Å². The van der Waals surface area contributed by atoms with E-state index in [-0.39, 0.29) is 0 Å². The van der Waals surface area contributed by atoms with Crippen molar-refractivity contribution in [1.82, 2.24) is 0 Å². The number of hydrogen-bond acceptors (Lipinski definition) is 2. The van der Waals surface area contributed by atoms with Gasteiger partial charge in [-0.05, 0) is 55.7 Å². The molecule has 0 aliphatic rings. The van der Waals surface area contributed by atoms with Crippen molar-refractivity contribution in [2.75, 3.05) is 23.7 Å². The number of hydrogen-bond donors (Lipinski definition) is 2. The molecule has 2 N–H and O–H groups in total. The molecule has 0 bridgehead atoms. The Balaban J connectivity index is 2.18. The zero-order chi connectivity index (χ0) is 15.1. The predicted octanol–water partition coefficient (Wildman–Crippen LogP) is 5.09. The van der Waals surface area contributed by atoms with Crippen molar-refractivity contribution in [3.8, 4) is 0 Å². The third kappa shape index (κ3) is 4.01. The first-order valence-electron chi connectivity index (χ1n) is 7.96. The van der Waals surface area contributed by atoms with Crippen molar-refractivity contribution in [1.29, 1.82) is 0 Å². The molecule has 2 heteroatoms. The lowest BCUT2D eigenvalue weighted by Gasteiger charge is -2.17. The monoisotopic (exact) mass is 282 g/mol. The van der Waals surface area contributed by atoms with Crippen LogP contribution in [0.4, 0.5) is 11.4 Å². The van der Waals surface area contributed by atoms with Crippen LogP contribution in [-0.2, 0) is 0 Å². The quantitative estimate of drug-likeness (QED) is 0.739. The van der Waals surface area contributed by atoms with E-state index in [4.69, 9.17) is 0 Å². The summed E-state index contributed by atoms with van der Waals surface area (Å²) >= 11 is 0. The topological polar surface area (TPSA) is 24.1 Å². The third-order valence-corrected chi connectivity index (χ3v) is 3.80. The predicted molar refractivity (Wildman–Crippen MR) is 93.3 cm³/mol. The molecule has 0 heterocycles. The fourth-order valence-electron chi connectivity index (χ4n) is 2.74. The van der Waals surface area contributed by atoms with Gasteiger partial charge in [0.15, 0.2) is 0 Å². The largest absolute Gasteiger partial charge is 0.385 e. The van der Waals surface area contributed by atoms with Crippen LogP contribution in [-0.4, -0.2) is 13.1 Å². The second kappa shape index (κ2) is 7.72. The van der Waals surface area contributed by atoms with Gasteiger partial charge in [0.2, 0.25) is 0 Å². The zero-order valence-corrected chi connectivity index (χ0v) is 13.3. The van der Waals surface area contributed by atoms with Gasteiger partial charge in [-0.2, -0.15) is 0 Å². The maximum atomic E-state index is 3.34. The molecule has 0 fully saturated rings. The first-order chi connectivity index (χ1) is 10.3. The minimum Gasteiger partial charge on any atom is -0.385 e. The molecule has 2 rings (SSSR count). The molecule has 0 aliphatic heterocycles. The molecule has 0 atom stereocenters. The SMILES string of the molecule is CCNc1ccc(C(CC)c2ccc(NCC)cc2)cc1. The van der Waals surface area contributed by atoms with Gasteiger partial charge in [-0.15, -0.1) is 0 Å². The van der Waals surface area contributed by atoms with Crippen LogP contribution in [0.1, 0.15) is 44.2 Å². The van der Waals surface area contributed by atoms with Gasteiger partial charge in [-0.25, -0.2) is 0 Å². The van der Waals surface area contributed by atoms with Gasteiger partial charge in [0, 0.05) is 30.4 Å². The van der Waals surface area contributed by atoms with E-state index >= 15 is 0 Å². The Morgan fingerprint density at radius 1 is 0.667 bits per heavy atom. The molecule has 0 aromatic heterocycles. The maximum Gasteiger partial charge on any atom is 0.0340 e. The van der Waals surface area contributed by atoms with E-state index in [9.17, 15) is 0 Å². The smallest absolute Gasteiger partial charge is 0.0340 e. The number of rotatable bonds is 7. The van der Waals surface area contributed by atoms with Crippen molar-refractivity contribution >= 4 is 11.4 Å². The highest BCUT2D eigenvalue weighted by Gasteiger charge is 2.11. The Morgan fingerprint density at radius 2 is 1.05 bits per heavy atom. The summed E-state index contributed by atoms with van der Waals surface area (Å²) in [5.41, 5.74) is 5.16. The van der Waals surface area contributed by atoms with Crippen LogP contribution < -0.4 is 10.6 Å². The van der Waals surface area contributed by atoms with Crippen molar-refractivity contribution < 1.29 is 0 Å². The Bertz CT molecular complexity index is 479. The van der Waals surface area contributed by atoms with E-state index in [1.54, 1.807) is 0 Å². The highest BCUT2D eigenvalue weighted by atomic mass is 14.9. The summed E-state index contributed by atoms with van der Waals surface area (Å²) < 4.78 is 0. The van der Waals surface area contributed by atoms with Crippen molar-refractivity contribution in [3.05, 3.63) is 59.7 Å². The Morgan fingerprint density at radius 3 is 1.33 bits per heavy atom. The van der Waals surface area contributed by atoms with Crippen molar-refractivity contribution in [3.63, 3.8) is 0 Å². The molecular weight excluding hydrogens is 256 g/mol. The summed E-state index contributed by atoms with van der Waals surface area (Å²) in [7, 11) is 0. The van der Waals surface area contributed by atoms with E-state index in [0.29, 0.717) is 5.92 Å². The molecule has 0 unspecified atom stereocenters. The first-order valence-corrected chi connectivity index (χ1v) is 7.96. The highest BCUT2D eigenvalue weighted by molar-refractivity contribution is 5.49. The standard InChI is InChI=1S/C19H26N2/c1-4-19(15-7-11-17(12-8-15)20-5-2)16-9-13-18(14-10-16)21-6-3/h7-14,19-21H,4-6H2,1-3H3. The first kappa shape index (κ1) is 15.4. The summed E-state index contributed by atoms with van der Waals surface area (Å²) in [5, 5.41) is 6.69. The maximum absolute atomic E-state index is 3.34. The third-order valence-electron chi connectivity index (χ3n) is 3.80. The highest BCUT2D eigenvalue weighted by Crippen LogP contribution is 2.29. The molecule has 0 amide bonds. The molecule has 0 aliphatic carbocycles. The van der Waals surface area contributed by atoms with Gasteiger partial charge < -0.3 is 10.6 Å². The summed E-state index contributed by atoms with van der Waals surface area (Å²) in [5.74, 6) is 0.469. The van der Waals surface area contributed by atoms with E-state index < -0.39 is 0 Å². The molecular formula is C19H26N2. The number of anilines is 2. The molecule has 0 radical (unpaired) electrons. The van der Waals surface area contributed by atoms with Crippen LogP contribution >= 0.6 is 0 Å². The van der Waals surface area contributed by atoms with Crippen LogP contribution in [0, 0.1) is 0 Å². The minimum absolute atomic E-state index is 0.469. The summed E-state index contributed by atoms with van der Waals surface area (Å²) in [6, 6.07) is 17.7. The van der Waals surface area contributed by atoms with Crippen LogP contribution in [0.3, 0.4) is 0 Å². The van der Waals surface area contributed by atoms with Crippen molar-refractivity contribution in [2.45, 2.75) is 33.1 Å². The van der Waals surface area contributed by atoms with Gasteiger partial charge >= 0.3 is 0 Å². The fraction of sp³-hybridized carbons (Fsp3) is 0.368. The van der Waals surface area contributed by atoms with Gasteiger partial charge in [-0.3, -0.25) is 0 Å². The second-order valence-corrected chi connectivity index (χ2v) is 5.27. The van der Waals surface area contributed by atoms with Crippen LogP contribution in [0.5, 0.6) is 0 Å². The normalized spacial score (nSPS) is 10.7. The summed E-state index contributed by atoms with van der Waals surface area (Å²) in [4.78, 5) is 0. The van der Waals surface area contributed by atoms with Crippen LogP contribution in [0.15, 0.2) is 48.5 Å². The van der Waals surface area contributed by atoms with Gasteiger partial charge in [0.1, 0.15) is 0 Å². The summed E-state index contributed by atoms with van der Waals surface area (Å²) in [6.45, 7) is 8.41. The minimum atomic E-state index is 0.469. The van der Waals surface area contributed by atoms with Gasteiger partial charge in [0.25, 0.3) is 0 Å². The lowest BCUT2D eigenvalue weighted by Crippen LogP contribution is -2.02. The average molecular weight is 282 g/mol. The van der Waals surface area contributed by atoms with E-state index in [2.05, 4.69) is 79.9 Å². The lowest BCUT2D eigenvalue weighted by molar-refractivity contribution is 0.777. The fourth-order valence-corrected chi connectivity index (χ4v) is 2.74. The molecule has 0 saturated carbocycles. The Hall–Kier alpha value is -1.96. The molecule has 0 spiro atoms.